The van der Waals surface area contributed by atoms with Crippen LogP contribution in [0.1, 0.15) is 26.3 Å². The fourth-order valence-electron chi connectivity index (χ4n) is 1.94. The Morgan fingerprint density at radius 3 is 2.29 bits per heavy atom. The number of rotatable bonds is 3. The number of amides is 1. The van der Waals surface area contributed by atoms with Crippen molar-refractivity contribution in [1.29, 1.82) is 0 Å². The molecular weight excluding hydrogens is 273 g/mol. The summed E-state index contributed by atoms with van der Waals surface area (Å²) in [7, 11) is 1.51. The second-order valence-electron chi connectivity index (χ2n) is 4.65. The second kappa shape index (κ2) is 5.75. The van der Waals surface area contributed by atoms with E-state index < -0.39 is 17.7 Å². The van der Waals surface area contributed by atoms with Crippen molar-refractivity contribution in [3.63, 3.8) is 0 Å². The molecule has 0 heterocycles. The predicted molar refractivity (Wildman–Crippen MR) is 77.3 cm³/mol. The minimum absolute atomic E-state index is 0.0141. The van der Waals surface area contributed by atoms with Crippen LogP contribution in [0, 0.1) is 12.7 Å². The number of aryl methyl sites for hydroxylation is 1. The van der Waals surface area contributed by atoms with Gasteiger partial charge >= 0.3 is 5.97 Å². The van der Waals surface area contributed by atoms with Crippen molar-refractivity contribution in [3.05, 3.63) is 65.0 Å². The molecule has 0 unspecified atom stereocenters. The molecule has 0 atom stereocenters. The minimum Gasteiger partial charge on any atom is -0.478 e. The number of carbonyl (C=O) groups is 2. The number of anilines is 1. The van der Waals surface area contributed by atoms with Crippen molar-refractivity contribution in [2.75, 3.05) is 11.9 Å². The first-order valence-electron chi connectivity index (χ1n) is 6.28. The molecular formula is C16H14FNO3. The number of carboxylic acid groups (broad SMARTS) is 1. The molecule has 0 fully saturated rings. The molecule has 4 nitrogen and oxygen atoms in total. The monoisotopic (exact) mass is 287 g/mol. The summed E-state index contributed by atoms with van der Waals surface area (Å²) in [5.74, 6) is -2.07. The van der Waals surface area contributed by atoms with Gasteiger partial charge in [-0.1, -0.05) is 12.1 Å². The lowest BCUT2D eigenvalue weighted by Crippen LogP contribution is -2.27. The largest absolute Gasteiger partial charge is 0.478 e. The summed E-state index contributed by atoms with van der Waals surface area (Å²) in [5, 5.41) is 8.84. The van der Waals surface area contributed by atoms with Gasteiger partial charge in [0.05, 0.1) is 11.1 Å². The zero-order valence-electron chi connectivity index (χ0n) is 11.6. The summed E-state index contributed by atoms with van der Waals surface area (Å²) in [4.78, 5) is 24.4. The van der Waals surface area contributed by atoms with Crippen LogP contribution in [-0.2, 0) is 0 Å². The highest BCUT2D eigenvalue weighted by molar-refractivity contribution is 6.06. The van der Waals surface area contributed by atoms with Crippen LogP contribution >= 0.6 is 0 Å². The molecule has 2 aromatic carbocycles. The molecule has 0 saturated heterocycles. The van der Waals surface area contributed by atoms with Gasteiger partial charge in [-0.25, -0.2) is 9.18 Å². The average molecular weight is 287 g/mol. The zero-order chi connectivity index (χ0) is 15.6. The highest BCUT2D eigenvalue weighted by Gasteiger charge is 2.18. The fraction of sp³-hybridized carbons (Fsp3) is 0.125. The Kier molecular flexibility index (Phi) is 4.03. The average Bonchev–Trinajstić information content (AvgIpc) is 2.48. The van der Waals surface area contributed by atoms with E-state index in [0.29, 0.717) is 11.3 Å². The lowest BCUT2D eigenvalue weighted by molar-refractivity contribution is 0.0696. The van der Waals surface area contributed by atoms with Crippen molar-refractivity contribution >= 4 is 17.6 Å². The highest BCUT2D eigenvalue weighted by atomic mass is 19.1. The van der Waals surface area contributed by atoms with Crippen LogP contribution in [0.5, 0.6) is 0 Å². The molecule has 0 aromatic heterocycles. The van der Waals surface area contributed by atoms with Gasteiger partial charge in [0, 0.05) is 12.7 Å². The lowest BCUT2D eigenvalue weighted by Gasteiger charge is -2.18. The maximum absolute atomic E-state index is 14.0. The van der Waals surface area contributed by atoms with Gasteiger partial charge in [-0.05, 0) is 42.8 Å². The maximum Gasteiger partial charge on any atom is 0.335 e. The van der Waals surface area contributed by atoms with E-state index >= 15 is 0 Å². The van der Waals surface area contributed by atoms with Gasteiger partial charge in [-0.3, -0.25) is 4.79 Å². The Morgan fingerprint density at radius 1 is 1.10 bits per heavy atom. The van der Waals surface area contributed by atoms with Crippen molar-refractivity contribution in [1.82, 2.24) is 0 Å². The third-order valence-corrected chi connectivity index (χ3v) is 3.23. The number of nitrogens with zero attached hydrogens (tertiary/aromatic N) is 1. The summed E-state index contributed by atoms with van der Waals surface area (Å²) < 4.78 is 14.0. The second-order valence-corrected chi connectivity index (χ2v) is 4.65. The van der Waals surface area contributed by atoms with Crippen molar-refractivity contribution < 1.29 is 19.1 Å². The van der Waals surface area contributed by atoms with Crippen LogP contribution in [0.4, 0.5) is 10.1 Å². The minimum atomic E-state index is -1.04. The van der Waals surface area contributed by atoms with E-state index in [4.69, 9.17) is 5.11 Å². The Bertz CT molecular complexity index is 695. The lowest BCUT2D eigenvalue weighted by atomic mass is 10.1. The van der Waals surface area contributed by atoms with Crippen molar-refractivity contribution in [2.24, 2.45) is 0 Å². The molecule has 0 aliphatic carbocycles. The molecule has 0 spiro atoms. The summed E-state index contributed by atoms with van der Waals surface area (Å²) in [6.07, 6.45) is 0. The number of halogens is 1. The number of carboxylic acids is 1. The van der Waals surface area contributed by atoms with E-state index in [1.54, 1.807) is 19.1 Å². The number of hydrogen-bond donors (Lipinski definition) is 1. The fourth-order valence-corrected chi connectivity index (χ4v) is 1.94. The first-order valence-corrected chi connectivity index (χ1v) is 6.28. The first-order chi connectivity index (χ1) is 9.91. The number of benzene rings is 2. The molecule has 21 heavy (non-hydrogen) atoms. The Morgan fingerprint density at radius 2 is 1.71 bits per heavy atom. The van der Waals surface area contributed by atoms with Crippen LogP contribution in [0.15, 0.2) is 42.5 Å². The quantitative estimate of drug-likeness (QED) is 0.943. The van der Waals surface area contributed by atoms with Gasteiger partial charge in [0.25, 0.3) is 5.91 Å². The molecule has 108 valence electrons. The van der Waals surface area contributed by atoms with Gasteiger partial charge in [-0.2, -0.15) is 0 Å². The first kappa shape index (κ1) is 14.7. The van der Waals surface area contributed by atoms with Gasteiger partial charge < -0.3 is 10.0 Å². The third-order valence-electron chi connectivity index (χ3n) is 3.23. The van der Waals surface area contributed by atoms with Gasteiger partial charge in [0.15, 0.2) is 0 Å². The standard InChI is InChI=1S/C16H14FNO3/c1-10-4-3-5-13(14(10)17)15(19)18(2)12-8-6-11(7-9-12)16(20)21/h3-9H,1-2H3,(H,20,21). The van der Waals surface area contributed by atoms with Crippen LogP contribution in [0.2, 0.25) is 0 Å². The third kappa shape index (κ3) is 2.91. The Hall–Kier alpha value is -2.69. The Labute approximate surface area is 121 Å². The van der Waals surface area contributed by atoms with E-state index in [1.165, 1.54) is 42.3 Å². The molecule has 1 amide bonds. The van der Waals surface area contributed by atoms with Crippen molar-refractivity contribution in [2.45, 2.75) is 6.92 Å². The van der Waals surface area contributed by atoms with Gasteiger partial charge in [-0.15, -0.1) is 0 Å². The SMILES string of the molecule is Cc1cccc(C(=O)N(C)c2ccc(C(=O)O)cc2)c1F. The molecule has 0 radical (unpaired) electrons. The molecule has 2 aromatic rings. The van der Waals surface area contributed by atoms with E-state index in [9.17, 15) is 14.0 Å². The number of carbonyl (C=O) groups excluding carboxylic acids is 1. The zero-order valence-corrected chi connectivity index (χ0v) is 11.6. The van der Waals surface area contributed by atoms with Crippen molar-refractivity contribution in [3.8, 4) is 0 Å². The number of hydrogen-bond acceptors (Lipinski definition) is 2. The molecule has 2 rings (SSSR count). The van der Waals surface area contributed by atoms with E-state index in [2.05, 4.69) is 0 Å². The summed E-state index contributed by atoms with van der Waals surface area (Å²) >= 11 is 0. The number of aromatic carboxylic acids is 1. The summed E-state index contributed by atoms with van der Waals surface area (Å²) in [6, 6.07) is 10.4. The van der Waals surface area contributed by atoms with Crippen LogP contribution in [0.25, 0.3) is 0 Å². The Balaban J connectivity index is 2.30. The maximum atomic E-state index is 14.0. The van der Waals surface area contributed by atoms with E-state index in [0.717, 1.165) is 0 Å². The van der Waals surface area contributed by atoms with E-state index in [-0.39, 0.29) is 11.1 Å². The molecule has 1 N–H and O–H groups in total. The van der Waals surface area contributed by atoms with Crippen LogP contribution in [0.3, 0.4) is 0 Å². The molecule has 0 saturated carbocycles. The van der Waals surface area contributed by atoms with Crippen LogP contribution in [-0.4, -0.2) is 24.0 Å². The summed E-state index contributed by atoms with van der Waals surface area (Å²) in [5.41, 5.74) is 1.00. The smallest absolute Gasteiger partial charge is 0.335 e. The molecule has 0 bridgehead atoms. The van der Waals surface area contributed by atoms with E-state index in [1.807, 2.05) is 0 Å². The normalized spacial score (nSPS) is 10.2. The molecule has 0 aliphatic rings. The topological polar surface area (TPSA) is 57.6 Å². The molecule has 0 aliphatic heterocycles. The van der Waals surface area contributed by atoms with Gasteiger partial charge in [0.2, 0.25) is 0 Å². The molecule has 5 heteroatoms. The van der Waals surface area contributed by atoms with Gasteiger partial charge in [0.1, 0.15) is 5.82 Å². The van der Waals surface area contributed by atoms with Crippen LogP contribution < -0.4 is 4.90 Å². The predicted octanol–water partition coefficient (Wildman–Crippen LogP) is 3.11. The summed E-state index contributed by atoms with van der Waals surface area (Å²) in [6.45, 7) is 1.59. The highest BCUT2D eigenvalue weighted by Crippen LogP contribution is 2.19.